The van der Waals surface area contributed by atoms with Crippen LogP contribution in [-0.4, -0.2) is 40.6 Å². The Balaban J connectivity index is 1.93. The predicted octanol–water partition coefficient (Wildman–Crippen LogP) is 2.75. The smallest absolute Gasteiger partial charge is 0.122 e. The summed E-state index contributed by atoms with van der Waals surface area (Å²) in [5, 5.41) is 3.68. The maximum atomic E-state index is 4.48. The number of hydrogen-bond donors (Lipinski definition) is 1. The minimum atomic E-state index is 0.393. The Labute approximate surface area is 129 Å². The first kappa shape index (κ1) is 16.5. The lowest BCUT2D eigenvalue weighted by Crippen LogP contribution is -2.46. The van der Waals surface area contributed by atoms with E-state index in [2.05, 4.69) is 53.7 Å². The lowest BCUT2D eigenvalue weighted by molar-refractivity contribution is 0.109. The number of imidazole rings is 1. The monoisotopic (exact) mass is 292 g/mol. The summed E-state index contributed by atoms with van der Waals surface area (Å²) in [5.41, 5.74) is 0.393. The second kappa shape index (κ2) is 7.41. The lowest BCUT2D eigenvalue weighted by Gasteiger charge is -2.39. The Morgan fingerprint density at radius 1 is 1.29 bits per heavy atom. The van der Waals surface area contributed by atoms with E-state index in [0.29, 0.717) is 5.41 Å². The van der Waals surface area contributed by atoms with Crippen molar-refractivity contribution in [3.05, 3.63) is 18.2 Å². The van der Waals surface area contributed by atoms with Gasteiger partial charge in [0, 0.05) is 38.6 Å². The number of nitrogens with one attached hydrogen (secondary N) is 1. The first-order chi connectivity index (χ1) is 10.1. The van der Waals surface area contributed by atoms with Crippen LogP contribution in [0.3, 0.4) is 0 Å². The van der Waals surface area contributed by atoms with Gasteiger partial charge in [0.15, 0.2) is 0 Å². The fourth-order valence-electron chi connectivity index (χ4n) is 3.24. The molecule has 2 heterocycles. The molecule has 0 aliphatic carbocycles. The lowest BCUT2D eigenvalue weighted by atomic mass is 9.81. The summed E-state index contributed by atoms with van der Waals surface area (Å²) in [5.74, 6) is 1.94. The topological polar surface area (TPSA) is 33.1 Å². The van der Waals surface area contributed by atoms with E-state index < -0.39 is 0 Å². The molecular formula is C17H32N4. The molecule has 1 N–H and O–H groups in total. The molecule has 21 heavy (non-hydrogen) atoms. The zero-order chi connectivity index (χ0) is 15.3. The quantitative estimate of drug-likeness (QED) is 0.800. The van der Waals surface area contributed by atoms with Gasteiger partial charge in [-0.2, -0.15) is 0 Å². The molecule has 1 aromatic rings. The second-order valence-electron chi connectivity index (χ2n) is 6.98. The van der Waals surface area contributed by atoms with E-state index in [4.69, 9.17) is 0 Å². The molecule has 0 radical (unpaired) electrons. The Morgan fingerprint density at radius 3 is 2.71 bits per heavy atom. The molecule has 0 spiro atoms. The van der Waals surface area contributed by atoms with Crippen molar-refractivity contribution in [2.45, 2.75) is 53.6 Å². The maximum absolute atomic E-state index is 4.48. The second-order valence-corrected chi connectivity index (χ2v) is 6.98. The summed E-state index contributed by atoms with van der Waals surface area (Å²) in [6, 6.07) is 0. The van der Waals surface area contributed by atoms with Crippen LogP contribution in [-0.2, 0) is 13.1 Å². The van der Waals surface area contributed by atoms with Crippen LogP contribution >= 0.6 is 0 Å². The van der Waals surface area contributed by atoms with Crippen molar-refractivity contribution in [1.29, 1.82) is 0 Å². The van der Waals surface area contributed by atoms with Gasteiger partial charge in [0.05, 0.1) is 6.54 Å². The number of aromatic nitrogens is 2. The minimum absolute atomic E-state index is 0.393. The van der Waals surface area contributed by atoms with Crippen LogP contribution in [0.5, 0.6) is 0 Å². The number of fused-ring (bicyclic) bond motifs is 1. The van der Waals surface area contributed by atoms with Crippen molar-refractivity contribution in [3.8, 4) is 0 Å². The van der Waals surface area contributed by atoms with Gasteiger partial charge in [-0.15, -0.1) is 0 Å². The van der Waals surface area contributed by atoms with Gasteiger partial charge in [-0.05, 0) is 30.7 Å². The van der Waals surface area contributed by atoms with Crippen molar-refractivity contribution < 1.29 is 0 Å². The third kappa shape index (κ3) is 4.30. The fraction of sp³-hybridized carbons (Fsp3) is 0.824. The van der Waals surface area contributed by atoms with Crippen LogP contribution in [0.25, 0.3) is 0 Å². The van der Waals surface area contributed by atoms with Gasteiger partial charge in [0.1, 0.15) is 5.82 Å². The molecular weight excluding hydrogens is 260 g/mol. The van der Waals surface area contributed by atoms with Crippen LogP contribution in [0.15, 0.2) is 12.4 Å². The van der Waals surface area contributed by atoms with Crippen molar-refractivity contribution in [2.75, 3.05) is 26.2 Å². The molecule has 0 saturated carbocycles. The third-order valence-electron chi connectivity index (χ3n) is 4.94. The van der Waals surface area contributed by atoms with E-state index in [1.165, 1.54) is 25.2 Å². The molecule has 0 saturated heterocycles. The summed E-state index contributed by atoms with van der Waals surface area (Å²) in [4.78, 5) is 7.07. The summed E-state index contributed by atoms with van der Waals surface area (Å²) >= 11 is 0. The van der Waals surface area contributed by atoms with Crippen molar-refractivity contribution in [1.82, 2.24) is 19.8 Å². The van der Waals surface area contributed by atoms with E-state index in [1.54, 1.807) is 0 Å². The zero-order valence-electron chi connectivity index (χ0n) is 14.2. The molecule has 4 nitrogen and oxygen atoms in total. The summed E-state index contributed by atoms with van der Waals surface area (Å²) < 4.78 is 2.28. The summed E-state index contributed by atoms with van der Waals surface area (Å²) in [7, 11) is 0. The predicted molar refractivity (Wildman–Crippen MR) is 88.2 cm³/mol. The highest BCUT2D eigenvalue weighted by Gasteiger charge is 2.30. The molecule has 4 heteroatoms. The molecule has 0 amide bonds. The average Bonchev–Trinajstić information content (AvgIpc) is 2.93. The molecule has 0 fully saturated rings. The zero-order valence-corrected chi connectivity index (χ0v) is 14.2. The Morgan fingerprint density at radius 2 is 2.05 bits per heavy atom. The first-order valence-electron chi connectivity index (χ1n) is 8.51. The molecule has 0 aromatic carbocycles. The normalized spacial score (nSPS) is 16.4. The van der Waals surface area contributed by atoms with Crippen molar-refractivity contribution in [2.24, 2.45) is 11.3 Å². The van der Waals surface area contributed by atoms with Crippen LogP contribution in [0.1, 0.15) is 46.4 Å². The van der Waals surface area contributed by atoms with Crippen molar-refractivity contribution in [3.63, 3.8) is 0 Å². The Kier molecular flexibility index (Phi) is 5.82. The maximum Gasteiger partial charge on any atom is 0.122 e. The molecule has 0 unspecified atom stereocenters. The Bertz CT molecular complexity index is 420. The standard InChI is InChI=1S/C17H32N4/c1-5-17(6-2,13-18-11-15(3)4)14-20-9-10-21-8-7-19-16(21)12-20/h7-8,15,18H,5-6,9-14H2,1-4H3. The number of rotatable bonds is 8. The summed E-state index contributed by atoms with van der Waals surface area (Å²) in [6.45, 7) is 15.9. The van der Waals surface area contributed by atoms with Gasteiger partial charge in [-0.3, -0.25) is 4.90 Å². The van der Waals surface area contributed by atoms with E-state index in [1.807, 2.05) is 6.20 Å². The fourth-order valence-corrected chi connectivity index (χ4v) is 3.24. The summed E-state index contributed by atoms with van der Waals surface area (Å²) in [6.07, 6.45) is 6.50. The molecule has 120 valence electrons. The van der Waals surface area contributed by atoms with E-state index in [0.717, 1.165) is 38.6 Å². The highest BCUT2D eigenvalue weighted by Crippen LogP contribution is 2.28. The molecule has 1 aliphatic heterocycles. The van der Waals surface area contributed by atoms with Gasteiger partial charge in [0.2, 0.25) is 0 Å². The third-order valence-corrected chi connectivity index (χ3v) is 4.94. The van der Waals surface area contributed by atoms with Gasteiger partial charge in [-0.1, -0.05) is 27.7 Å². The van der Waals surface area contributed by atoms with Crippen LogP contribution in [0, 0.1) is 11.3 Å². The largest absolute Gasteiger partial charge is 0.333 e. The molecule has 1 aromatic heterocycles. The average molecular weight is 292 g/mol. The van der Waals surface area contributed by atoms with Crippen LogP contribution < -0.4 is 5.32 Å². The van der Waals surface area contributed by atoms with E-state index >= 15 is 0 Å². The van der Waals surface area contributed by atoms with Gasteiger partial charge in [-0.25, -0.2) is 4.98 Å². The molecule has 0 bridgehead atoms. The SMILES string of the molecule is CCC(CC)(CNCC(C)C)CN1CCn2ccnc2C1. The van der Waals surface area contributed by atoms with E-state index in [9.17, 15) is 0 Å². The van der Waals surface area contributed by atoms with Crippen molar-refractivity contribution >= 4 is 0 Å². The molecule has 2 rings (SSSR count). The van der Waals surface area contributed by atoms with Crippen LogP contribution in [0.4, 0.5) is 0 Å². The highest BCUT2D eigenvalue weighted by molar-refractivity contribution is 4.96. The van der Waals surface area contributed by atoms with Crippen LogP contribution in [0.2, 0.25) is 0 Å². The first-order valence-corrected chi connectivity index (χ1v) is 8.51. The van der Waals surface area contributed by atoms with Gasteiger partial charge >= 0.3 is 0 Å². The molecule has 0 atom stereocenters. The Hall–Kier alpha value is -0.870. The number of hydrogen-bond acceptors (Lipinski definition) is 3. The minimum Gasteiger partial charge on any atom is -0.333 e. The highest BCUT2D eigenvalue weighted by atomic mass is 15.2. The van der Waals surface area contributed by atoms with Gasteiger partial charge < -0.3 is 9.88 Å². The molecule has 1 aliphatic rings. The number of nitrogens with zero attached hydrogens (tertiary/aromatic N) is 3. The van der Waals surface area contributed by atoms with Gasteiger partial charge in [0.25, 0.3) is 0 Å². The van der Waals surface area contributed by atoms with E-state index in [-0.39, 0.29) is 0 Å².